The molecule has 0 aromatic heterocycles. The minimum Gasteiger partial charge on any atom is -0.478 e. The minimum atomic E-state index is -0.936. The number of ether oxygens (including phenoxy) is 1. The molecule has 1 unspecified atom stereocenters. The molecule has 0 radical (unpaired) electrons. The predicted molar refractivity (Wildman–Crippen MR) is 78.3 cm³/mol. The van der Waals surface area contributed by atoms with Gasteiger partial charge in [-0.05, 0) is 37.0 Å². The van der Waals surface area contributed by atoms with Crippen LogP contribution in [0.15, 0.2) is 24.3 Å². The molecule has 0 spiro atoms. The third-order valence-corrected chi connectivity index (χ3v) is 3.76. The average molecular weight is 291 g/mol. The van der Waals surface area contributed by atoms with Gasteiger partial charge >= 0.3 is 5.97 Å². The SMILES string of the molecule is CN(CC1CCCO1)C(=O)CCc1ccc(C(=O)O)cc1. The normalized spacial score (nSPS) is 17.7. The summed E-state index contributed by atoms with van der Waals surface area (Å²) in [5, 5.41) is 8.83. The van der Waals surface area contributed by atoms with E-state index in [1.165, 1.54) is 0 Å². The average Bonchev–Trinajstić information content (AvgIpc) is 2.98. The lowest BCUT2D eigenvalue weighted by Crippen LogP contribution is -2.34. The van der Waals surface area contributed by atoms with E-state index in [4.69, 9.17) is 9.84 Å². The fourth-order valence-electron chi connectivity index (χ4n) is 2.45. The number of rotatable bonds is 6. The Morgan fingerprint density at radius 1 is 1.33 bits per heavy atom. The summed E-state index contributed by atoms with van der Waals surface area (Å²) >= 11 is 0. The van der Waals surface area contributed by atoms with Crippen molar-refractivity contribution in [1.29, 1.82) is 0 Å². The monoisotopic (exact) mass is 291 g/mol. The van der Waals surface area contributed by atoms with Crippen LogP contribution in [0.4, 0.5) is 0 Å². The van der Waals surface area contributed by atoms with Crippen molar-refractivity contribution in [3.05, 3.63) is 35.4 Å². The zero-order chi connectivity index (χ0) is 15.2. The zero-order valence-corrected chi connectivity index (χ0v) is 12.2. The number of hydrogen-bond acceptors (Lipinski definition) is 3. The van der Waals surface area contributed by atoms with Crippen LogP contribution in [0.5, 0.6) is 0 Å². The fourth-order valence-corrected chi connectivity index (χ4v) is 2.45. The molecule has 1 aliphatic heterocycles. The zero-order valence-electron chi connectivity index (χ0n) is 12.2. The van der Waals surface area contributed by atoms with E-state index < -0.39 is 5.97 Å². The number of hydrogen-bond donors (Lipinski definition) is 1. The number of nitrogens with zero attached hydrogens (tertiary/aromatic N) is 1. The van der Waals surface area contributed by atoms with E-state index in [0.717, 1.165) is 25.0 Å². The van der Waals surface area contributed by atoms with Gasteiger partial charge in [-0.15, -0.1) is 0 Å². The number of amides is 1. The number of carbonyl (C=O) groups is 2. The Labute approximate surface area is 124 Å². The quantitative estimate of drug-likeness (QED) is 0.870. The lowest BCUT2D eigenvalue weighted by atomic mass is 10.1. The molecule has 1 atom stereocenters. The van der Waals surface area contributed by atoms with E-state index in [0.29, 0.717) is 19.4 Å². The molecule has 2 rings (SSSR count). The molecule has 0 bridgehead atoms. The summed E-state index contributed by atoms with van der Waals surface area (Å²) in [5.41, 5.74) is 1.24. The second kappa shape index (κ2) is 7.22. The van der Waals surface area contributed by atoms with Gasteiger partial charge in [-0.1, -0.05) is 12.1 Å². The van der Waals surface area contributed by atoms with Crippen molar-refractivity contribution in [3.8, 4) is 0 Å². The van der Waals surface area contributed by atoms with Gasteiger partial charge in [-0.3, -0.25) is 4.79 Å². The van der Waals surface area contributed by atoms with E-state index in [1.54, 1.807) is 36.2 Å². The number of carbonyl (C=O) groups excluding carboxylic acids is 1. The largest absolute Gasteiger partial charge is 0.478 e. The Bertz CT molecular complexity index is 492. The van der Waals surface area contributed by atoms with Crippen LogP contribution in [0.25, 0.3) is 0 Å². The summed E-state index contributed by atoms with van der Waals surface area (Å²) in [6, 6.07) is 6.66. The molecule has 1 amide bonds. The smallest absolute Gasteiger partial charge is 0.335 e. The van der Waals surface area contributed by atoms with Crippen LogP contribution in [0.3, 0.4) is 0 Å². The predicted octanol–water partition coefficient (Wildman–Crippen LogP) is 1.95. The lowest BCUT2D eigenvalue weighted by Gasteiger charge is -2.20. The highest BCUT2D eigenvalue weighted by molar-refractivity contribution is 5.87. The Morgan fingerprint density at radius 2 is 2.05 bits per heavy atom. The molecular weight excluding hydrogens is 270 g/mol. The number of aromatic carboxylic acids is 1. The highest BCUT2D eigenvalue weighted by Gasteiger charge is 2.19. The second-order valence-electron chi connectivity index (χ2n) is 5.41. The Morgan fingerprint density at radius 3 is 2.62 bits per heavy atom. The van der Waals surface area contributed by atoms with E-state index in [1.807, 2.05) is 0 Å². The maximum Gasteiger partial charge on any atom is 0.335 e. The van der Waals surface area contributed by atoms with Gasteiger partial charge in [0.1, 0.15) is 0 Å². The molecule has 1 aliphatic rings. The first-order chi connectivity index (χ1) is 10.1. The summed E-state index contributed by atoms with van der Waals surface area (Å²) < 4.78 is 5.52. The standard InChI is InChI=1S/C16H21NO4/c1-17(11-14-3-2-10-21-14)15(18)9-6-12-4-7-13(8-5-12)16(19)20/h4-5,7-8,14H,2-3,6,9-11H2,1H3,(H,19,20). The maximum absolute atomic E-state index is 12.1. The van der Waals surface area contributed by atoms with Crippen molar-refractivity contribution in [2.24, 2.45) is 0 Å². The Hall–Kier alpha value is -1.88. The Balaban J connectivity index is 1.78. The minimum absolute atomic E-state index is 0.0906. The van der Waals surface area contributed by atoms with Crippen LogP contribution in [0.1, 0.15) is 35.2 Å². The van der Waals surface area contributed by atoms with Crippen LogP contribution < -0.4 is 0 Å². The van der Waals surface area contributed by atoms with Gasteiger partial charge < -0.3 is 14.7 Å². The summed E-state index contributed by atoms with van der Waals surface area (Å²) in [7, 11) is 1.80. The number of aryl methyl sites for hydroxylation is 1. The van der Waals surface area contributed by atoms with E-state index in [9.17, 15) is 9.59 Å². The molecule has 1 heterocycles. The first-order valence-electron chi connectivity index (χ1n) is 7.24. The molecule has 0 aliphatic carbocycles. The maximum atomic E-state index is 12.1. The molecule has 1 fully saturated rings. The van der Waals surface area contributed by atoms with Gasteiger partial charge in [-0.25, -0.2) is 4.79 Å². The molecule has 1 N–H and O–H groups in total. The van der Waals surface area contributed by atoms with Crippen LogP contribution in [-0.4, -0.2) is 48.2 Å². The van der Waals surface area contributed by atoms with Gasteiger partial charge in [-0.2, -0.15) is 0 Å². The van der Waals surface area contributed by atoms with E-state index in [2.05, 4.69) is 0 Å². The van der Waals surface area contributed by atoms with Crippen LogP contribution in [0, 0.1) is 0 Å². The summed E-state index contributed by atoms with van der Waals surface area (Å²) in [4.78, 5) is 24.5. The third-order valence-electron chi connectivity index (χ3n) is 3.76. The second-order valence-corrected chi connectivity index (χ2v) is 5.41. The first kappa shape index (κ1) is 15.5. The number of likely N-dealkylation sites (N-methyl/N-ethyl adjacent to an activating group) is 1. The molecule has 1 aromatic carbocycles. The van der Waals surface area contributed by atoms with Crippen molar-refractivity contribution in [2.45, 2.75) is 31.8 Å². The molecule has 5 heteroatoms. The number of carboxylic acid groups (broad SMARTS) is 1. The molecule has 21 heavy (non-hydrogen) atoms. The van der Waals surface area contributed by atoms with Crippen LogP contribution >= 0.6 is 0 Å². The number of carboxylic acids is 1. The summed E-state index contributed by atoms with van der Waals surface area (Å²) in [6.45, 7) is 1.44. The fraction of sp³-hybridized carbons (Fsp3) is 0.500. The van der Waals surface area contributed by atoms with Gasteiger partial charge in [0.25, 0.3) is 0 Å². The molecule has 0 saturated carbocycles. The summed E-state index contributed by atoms with van der Waals surface area (Å²) in [6.07, 6.45) is 3.31. The van der Waals surface area contributed by atoms with Crippen LogP contribution in [-0.2, 0) is 16.0 Å². The van der Waals surface area contributed by atoms with E-state index >= 15 is 0 Å². The highest BCUT2D eigenvalue weighted by atomic mass is 16.5. The highest BCUT2D eigenvalue weighted by Crippen LogP contribution is 2.14. The van der Waals surface area contributed by atoms with Crippen molar-refractivity contribution < 1.29 is 19.4 Å². The third kappa shape index (κ3) is 4.56. The van der Waals surface area contributed by atoms with Crippen molar-refractivity contribution in [2.75, 3.05) is 20.2 Å². The first-order valence-corrected chi connectivity index (χ1v) is 7.24. The van der Waals surface area contributed by atoms with Crippen molar-refractivity contribution >= 4 is 11.9 Å². The molecule has 1 aromatic rings. The topological polar surface area (TPSA) is 66.8 Å². The van der Waals surface area contributed by atoms with Crippen molar-refractivity contribution in [3.63, 3.8) is 0 Å². The van der Waals surface area contributed by atoms with E-state index in [-0.39, 0.29) is 17.6 Å². The van der Waals surface area contributed by atoms with Gasteiger partial charge in [0, 0.05) is 26.6 Å². The lowest BCUT2D eigenvalue weighted by molar-refractivity contribution is -0.131. The molecule has 114 valence electrons. The summed E-state index contributed by atoms with van der Waals surface area (Å²) in [5.74, 6) is -0.846. The van der Waals surface area contributed by atoms with Gasteiger partial charge in [0.05, 0.1) is 11.7 Å². The molecule has 5 nitrogen and oxygen atoms in total. The molecule has 1 saturated heterocycles. The van der Waals surface area contributed by atoms with Gasteiger partial charge in [0.2, 0.25) is 5.91 Å². The van der Waals surface area contributed by atoms with Crippen molar-refractivity contribution in [1.82, 2.24) is 4.90 Å². The van der Waals surface area contributed by atoms with Crippen LogP contribution in [0.2, 0.25) is 0 Å². The Kier molecular flexibility index (Phi) is 5.33. The number of benzene rings is 1. The van der Waals surface area contributed by atoms with Gasteiger partial charge in [0.15, 0.2) is 0 Å². The molecular formula is C16H21NO4.